The molecule has 0 saturated heterocycles. The van der Waals surface area contributed by atoms with E-state index in [0.29, 0.717) is 11.0 Å². The lowest BCUT2D eigenvalue weighted by atomic mass is 9.81. The molecule has 0 aromatic heterocycles. The van der Waals surface area contributed by atoms with Crippen LogP contribution < -0.4 is 17.1 Å². The van der Waals surface area contributed by atoms with Crippen molar-refractivity contribution < 1.29 is 113 Å². The van der Waals surface area contributed by atoms with Crippen LogP contribution in [-0.4, -0.2) is 101 Å². The Morgan fingerprint density at radius 3 is 1.34 bits per heavy atom. The van der Waals surface area contributed by atoms with Gasteiger partial charge in [-0.25, -0.2) is 35.1 Å². The fraction of sp³-hybridized carbons (Fsp3) is 1.00. The molecular weight excluding hydrogens is 796 g/mol. The second-order valence-electron chi connectivity index (χ2n) is 12.6. The number of quaternary nitrogens is 1. The van der Waals surface area contributed by atoms with Crippen LogP contribution in [0.3, 0.4) is 0 Å². The van der Waals surface area contributed by atoms with Crippen LogP contribution in [-0.2, 0) is 10.0 Å². The Bertz CT molecular complexity index is 1130. The molecule has 0 rings (SSSR count). The number of rotatable bonds is 18. The Kier molecular flexibility index (Phi) is 17.1. The molecule has 1 N–H and O–H groups in total. The van der Waals surface area contributed by atoms with Crippen LogP contribution in [0.4, 0.5) is 87.8 Å². The van der Waals surface area contributed by atoms with Crippen molar-refractivity contribution in [2.24, 2.45) is 17.8 Å². The number of halogens is 21. The maximum Gasteiger partial charge on any atom is 0.431 e. The lowest BCUT2D eigenvalue weighted by molar-refractivity contribution is -0.870. The number of hydrogen-bond donors (Lipinski definition) is 1. The summed E-state index contributed by atoms with van der Waals surface area (Å²) in [6.07, 6.45) is -50.0. The molecule has 50 heavy (non-hydrogen) atoms. The van der Waals surface area contributed by atoms with Crippen LogP contribution in [0.1, 0.15) is 44.9 Å². The lowest BCUT2D eigenvalue weighted by Crippen LogP contribution is -3.00. The van der Waals surface area contributed by atoms with E-state index in [2.05, 4.69) is 0 Å². The van der Waals surface area contributed by atoms with Crippen molar-refractivity contribution in [2.75, 3.05) is 40.0 Å². The highest BCUT2D eigenvalue weighted by Gasteiger charge is 2.75. The largest absolute Gasteiger partial charge is 1.00 e. The van der Waals surface area contributed by atoms with E-state index in [1.165, 1.54) is 0 Å². The summed E-state index contributed by atoms with van der Waals surface area (Å²) in [7, 11) is 0.497. The molecular formula is C24H33ClF20N2O2S. The van der Waals surface area contributed by atoms with E-state index in [-0.39, 0.29) is 25.4 Å². The predicted octanol–water partition coefficient (Wildman–Crippen LogP) is 5.99. The SMILES string of the molecule is C[N+](C)(C)CCCNS(=O)(=O)CCC(CC(CC(CC(F)(F)CC(F)(F)CC(F)(C(F)(F)F)C(F)(F)F)C(F)(F)F)C(F)(F)F)C(F)(F)F.[Cl-]. The first-order chi connectivity index (χ1) is 21.1. The highest BCUT2D eigenvalue weighted by Crippen LogP contribution is 2.54. The third kappa shape index (κ3) is 17.5. The lowest BCUT2D eigenvalue weighted by Gasteiger charge is -2.35. The smallest absolute Gasteiger partial charge is 0.431 e. The van der Waals surface area contributed by atoms with E-state index in [9.17, 15) is 96.2 Å². The Balaban J connectivity index is 0. The summed E-state index contributed by atoms with van der Waals surface area (Å²) in [5.41, 5.74) is -6.86. The van der Waals surface area contributed by atoms with Crippen LogP contribution in [0.25, 0.3) is 0 Å². The van der Waals surface area contributed by atoms with Crippen molar-refractivity contribution in [3.05, 3.63) is 0 Å². The first-order valence-corrected chi connectivity index (χ1v) is 15.4. The molecule has 0 aromatic rings. The van der Waals surface area contributed by atoms with E-state index < -0.39 is 120 Å². The van der Waals surface area contributed by atoms with E-state index in [1.54, 1.807) is 21.1 Å². The molecule has 0 aliphatic rings. The fourth-order valence-corrected chi connectivity index (χ4v) is 5.73. The quantitative estimate of drug-likeness (QED) is 0.105. The van der Waals surface area contributed by atoms with Crippen LogP contribution in [0, 0.1) is 17.8 Å². The van der Waals surface area contributed by atoms with Gasteiger partial charge in [-0.1, -0.05) is 0 Å². The number of nitrogens with one attached hydrogen (secondary N) is 1. The zero-order valence-electron chi connectivity index (χ0n) is 25.9. The molecule has 0 aliphatic heterocycles. The fourth-order valence-electron chi connectivity index (χ4n) is 4.54. The van der Waals surface area contributed by atoms with Crippen LogP contribution in [0.15, 0.2) is 0 Å². The number of sulfonamides is 1. The molecule has 0 amide bonds. The summed E-state index contributed by atoms with van der Waals surface area (Å²) < 4.78 is 295. The average Bonchev–Trinajstić information content (AvgIpc) is 2.77. The molecule has 0 radical (unpaired) electrons. The highest BCUT2D eigenvalue weighted by molar-refractivity contribution is 7.89. The van der Waals surface area contributed by atoms with Gasteiger partial charge in [0.2, 0.25) is 10.0 Å². The first kappa shape index (κ1) is 50.9. The van der Waals surface area contributed by atoms with Gasteiger partial charge in [-0.2, -0.15) is 65.9 Å². The van der Waals surface area contributed by atoms with Gasteiger partial charge in [-0.15, -0.1) is 0 Å². The third-order valence-corrected chi connectivity index (χ3v) is 8.47. The molecule has 4 nitrogen and oxygen atoms in total. The van der Waals surface area contributed by atoms with Gasteiger partial charge < -0.3 is 16.9 Å². The second-order valence-corrected chi connectivity index (χ2v) is 14.5. The molecule has 0 spiro atoms. The van der Waals surface area contributed by atoms with Crippen molar-refractivity contribution >= 4 is 10.0 Å². The Morgan fingerprint density at radius 2 is 0.980 bits per heavy atom. The Labute approximate surface area is 279 Å². The molecule has 0 fully saturated rings. The Hall–Kier alpha value is -1.24. The van der Waals surface area contributed by atoms with Gasteiger partial charge in [0.05, 0.1) is 64.0 Å². The molecule has 0 saturated carbocycles. The summed E-state index contributed by atoms with van der Waals surface area (Å²) >= 11 is 0. The highest BCUT2D eigenvalue weighted by atomic mass is 35.5. The van der Waals surface area contributed by atoms with Crippen LogP contribution in [0.2, 0.25) is 0 Å². The second kappa shape index (κ2) is 16.8. The first-order valence-electron chi connectivity index (χ1n) is 13.7. The number of nitrogens with zero attached hydrogens (tertiary/aromatic N) is 1. The summed E-state index contributed by atoms with van der Waals surface area (Å²) in [6.45, 7) is 0.0364. The van der Waals surface area contributed by atoms with E-state index >= 15 is 0 Å². The molecule has 0 bridgehead atoms. The minimum Gasteiger partial charge on any atom is -1.00 e. The topological polar surface area (TPSA) is 46.2 Å². The summed E-state index contributed by atoms with van der Waals surface area (Å²) in [6, 6.07) is 0. The van der Waals surface area contributed by atoms with E-state index in [1.807, 2.05) is 4.72 Å². The number of alkyl halides is 20. The number of hydrogen-bond acceptors (Lipinski definition) is 2. The standard InChI is InChI=1S/C24H33F20N2O2S.ClH/c1-46(2,3)7-4-6-45-49(47,48)8-5-14(20(30,31)32)9-15(21(33,34)35)10-16(22(36,37)38)11-17(25,26)12-18(27,28)13-19(29,23(39,40)41)24(42,43)44;/h14-16,45H,4-13H2,1-3H3;1H/q+1;/p-1. The summed E-state index contributed by atoms with van der Waals surface area (Å²) in [4.78, 5) is 0. The minimum atomic E-state index is -7.20. The maximum absolute atomic E-state index is 14.3. The molecule has 0 aliphatic carbocycles. The molecule has 304 valence electrons. The zero-order chi connectivity index (χ0) is 39.5. The third-order valence-electron chi connectivity index (χ3n) is 7.05. The van der Waals surface area contributed by atoms with Crippen molar-refractivity contribution in [1.82, 2.24) is 4.72 Å². The van der Waals surface area contributed by atoms with Crippen LogP contribution >= 0.6 is 0 Å². The molecule has 3 atom stereocenters. The van der Waals surface area contributed by atoms with Gasteiger partial charge in [-0.3, -0.25) is 0 Å². The van der Waals surface area contributed by atoms with Gasteiger partial charge in [-0.05, 0) is 19.3 Å². The van der Waals surface area contributed by atoms with Gasteiger partial charge in [0, 0.05) is 19.4 Å². The van der Waals surface area contributed by atoms with Crippen molar-refractivity contribution in [3.8, 4) is 0 Å². The van der Waals surface area contributed by atoms with Gasteiger partial charge in [0.1, 0.15) is 0 Å². The zero-order valence-corrected chi connectivity index (χ0v) is 27.5. The summed E-state index contributed by atoms with van der Waals surface area (Å²) in [5, 5.41) is 0. The van der Waals surface area contributed by atoms with Crippen molar-refractivity contribution in [3.63, 3.8) is 0 Å². The van der Waals surface area contributed by atoms with E-state index in [4.69, 9.17) is 0 Å². The maximum atomic E-state index is 14.3. The molecule has 0 aromatic carbocycles. The normalized spacial score (nSPS) is 16.9. The van der Waals surface area contributed by atoms with Gasteiger partial charge >= 0.3 is 36.6 Å². The van der Waals surface area contributed by atoms with Gasteiger partial charge in [0.25, 0.3) is 11.8 Å². The molecule has 0 heterocycles. The molecule has 26 heteroatoms. The van der Waals surface area contributed by atoms with E-state index in [0.717, 1.165) is 0 Å². The van der Waals surface area contributed by atoms with Gasteiger partial charge in [0.15, 0.2) is 0 Å². The average molecular weight is 829 g/mol. The van der Waals surface area contributed by atoms with Crippen LogP contribution in [0.5, 0.6) is 0 Å². The Morgan fingerprint density at radius 1 is 0.580 bits per heavy atom. The van der Waals surface area contributed by atoms with Crippen molar-refractivity contribution in [2.45, 2.75) is 93.3 Å². The van der Waals surface area contributed by atoms with Crippen molar-refractivity contribution in [1.29, 1.82) is 0 Å². The minimum absolute atomic E-state index is 0. The molecule has 3 unspecified atom stereocenters. The monoisotopic (exact) mass is 828 g/mol. The predicted molar refractivity (Wildman–Crippen MR) is 131 cm³/mol. The summed E-state index contributed by atoms with van der Waals surface area (Å²) in [5.74, 6) is -24.6.